The van der Waals surface area contributed by atoms with E-state index in [0.29, 0.717) is 18.6 Å². The minimum absolute atomic E-state index is 0.0224. The van der Waals surface area contributed by atoms with Gasteiger partial charge in [-0.05, 0) is 12.8 Å². The molecule has 2 amide bonds. The minimum atomic E-state index is -5.59. The number of hydrogen-bond donors (Lipinski definition) is 10. The molecule has 61 heavy (non-hydrogen) atoms. The number of carbonyl (C=O) groups excluding carboxylic acids is 3. The molecule has 2 aromatic rings. The number of nitrogens with zero attached hydrogens (tertiary/aromatic N) is 4. The maximum Gasteiger partial charge on any atom is 0.481 e. The monoisotopic (exact) mass is 947 g/mol. The molecule has 0 saturated carbocycles. The number of rotatable bonds is 26. The van der Waals surface area contributed by atoms with Crippen molar-refractivity contribution in [1.29, 1.82) is 0 Å². The van der Waals surface area contributed by atoms with E-state index >= 15 is 0 Å². The Morgan fingerprint density at radius 2 is 1.64 bits per heavy atom. The number of aliphatic carboxylic acids is 1. The van der Waals surface area contributed by atoms with Gasteiger partial charge in [-0.2, -0.15) is 4.31 Å². The summed E-state index contributed by atoms with van der Waals surface area (Å²) in [6.07, 6.45) is 1.07. The van der Waals surface area contributed by atoms with Crippen LogP contribution in [0.3, 0.4) is 0 Å². The first-order valence-electron chi connectivity index (χ1n) is 18.0. The molecule has 30 heteroatoms. The Kier molecular flexibility index (Phi) is 19.8. The summed E-state index contributed by atoms with van der Waals surface area (Å²) in [6, 6.07) is 0. The smallest absolute Gasteiger partial charge is 0.481 e. The lowest BCUT2D eigenvalue weighted by atomic mass is 9.87. The lowest BCUT2D eigenvalue weighted by Gasteiger charge is -2.30. The van der Waals surface area contributed by atoms with Gasteiger partial charge in [0.25, 0.3) is 0 Å². The lowest BCUT2D eigenvalue weighted by Crippen LogP contribution is -2.46. The number of imidazole rings is 1. The highest BCUT2D eigenvalue weighted by Gasteiger charge is 2.50. The highest BCUT2D eigenvalue weighted by molar-refractivity contribution is 8.13. The number of aromatic nitrogens is 4. The molecule has 2 aromatic heterocycles. The number of ether oxygens (including phenoxy) is 1. The van der Waals surface area contributed by atoms with Crippen molar-refractivity contribution in [3.63, 3.8) is 0 Å². The molecule has 7 atom stereocenters. The lowest BCUT2D eigenvalue weighted by molar-refractivity contribution is -0.137. The fraction of sp³-hybridized carbons (Fsp3) is 0.581. The van der Waals surface area contributed by atoms with Crippen molar-refractivity contribution in [3.8, 4) is 0 Å². The first kappa shape index (κ1) is 51.9. The molecule has 0 aliphatic carbocycles. The summed E-state index contributed by atoms with van der Waals surface area (Å²) in [5, 5.41) is 34.9. The van der Waals surface area contributed by atoms with Crippen molar-refractivity contribution in [2.75, 3.05) is 37.8 Å². The number of amides is 2. The van der Waals surface area contributed by atoms with Crippen LogP contribution in [0.25, 0.3) is 11.2 Å². The topological polar surface area (TPSA) is 401 Å². The van der Waals surface area contributed by atoms with Gasteiger partial charge in [-0.3, -0.25) is 37.3 Å². The van der Waals surface area contributed by atoms with Crippen molar-refractivity contribution >= 4 is 75.1 Å². The highest BCUT2D eigenvalue weighted by atomic mass is 32.2. The molecule has 342 valence electrons. The first-order valence-corrected chi connectivity index (χ1v) is 23.5. The number of anilines is 1. The molecule has 3 heterocycles. The average Bonchev–Trinajstić information content (AvgIpc) is 3.72. The van der Waals surface area contributed by atoms with E-state index in [-0.39, 0.29) is 54.4 Å². The van der Waals surface area contributed by atoms with Gasteiger partial charge in [0, 0.05) is 43.5 Å². The Balaban J connectivity index is 1.41. The number of phosphoric ester groups is 3. The number of thioether (sulfide) groups is 1. The molecule has 3 rings (SSSR count). The van der Waals surface area contributed by atoms with Gasteiger partial charge in [0.2, 0.25) is 11.8 Å². The number of nitrogens with one attached hydrogen (secondary N) is 2. The number of carboxylic acids is 1. The number of carbonyl (C=O) groups is 4. The van der Waals surface area contributed by atoms with Crippen LogP contribution in [-0.4, -0.2) is 134 Å². The fourth-order valence-corrected chi connectivity index (χ4v) is 8.65. The Labute approximate surface area is 351 Å². The second-order valence-corrected chi connectivity index (χ2v) is 19.0. The van der Waals surface area contributed by atoms with Crippen LogP contribution in [0.2, 0.25) is 0 Å². The van der Waals surface area contributed by atoms with Crippen molar-refractivity contribution in [2.45, 2.75) is 76.6 Å². The van der Waals surface area contributed by atoms with Crippen molar-refractivity contribution < 1.29 is 90.4 Å². The van der Waals surface area contributed by atoms with E-state index in [0.717, 1.165) is 29.0 Å². The van der Waals surface area contributed by atoms with E-state index in [1.807, 2.05) is 0 Å². The molecular weight excluding hydrogens is 899 g/mol. The Bertz CT molecular complexity index is 2050. The molecular formula is C31H48N7O19P3S. The molecule has 0 aromatic carbocycles. The van der Waals surface area contributed by atoms with E-state index in [1.165, 1.54) is 13.8 Å². The third-order valence-electron chi connectivity index (χ3n) is 8.19. The molecule has 1 fully saturated rings. The second kappa shape index (κ2) is 23.3. The normalized spacial score (nSPS) is 21.0. The number of aliphatic hydroxyl groups excluding tert-OH is 2. The Hall–Kier alpha value is -3.49. The number of nitrogen functional groups attached to an aromatic ring is 1. The van der Waals surface area contributed by atoms with Crippen LogP contribution in [0.1, 0.15) is 52.2 Å². The fourth-order valence-electron chi connectivity index (χ4n) is 5.12. The number of carboxylic acid groups (broad SMARTS) is 1. The van der Waals surface area contributed by atoms with Gasteiger partial charge < -0.3 is 56.0 Å². The predicted molar refractivity (Wildman–Crippen MR) is 211 cm³/mol. The van der Waals surface area contributed by atoms with Gasteiger partial charge in [-0.1, -0.05) is 49.9 Å². The molecule has 1 aliphatic rings. The van der Waals surface area contributed by atoms with E-state index < -0.39 is 90.5 Å². The van der Waals surface area contributed by atoms with Gasteiger partial charge in [0.15, 0.2) is 22.8 Å². The average molecular weight is 948 g/mol. The molecule has 1 saturated heterocycles. The second-order valence-electron chi connectivity index (χ2n) is 13.6. The largest absolute Gasteiger partial charge is 0.481 e. The zero-order valence-electron chi connectivity index (χ0n) is 32.6. The van der Waals surface area contributed by atoms with Gasteiger partial charge in [0.05, 0.1) is 19.5 Å². The summed E-state index contributed by atoms with van der Waals surface area (Å²) in [5.74, 6) is -2.11. The first-order chi connectivity index (χ1) is 28.4. The number of nitrogens with two attached hydrogens (primary N) is 1. The third-order valence-corrected chi connectivity index (χ3v) is 12.2. The summed E-state index contributed by atoms with van der Waals surface area (Å²) in [7, 11) is -16.4. The summed E-state index contributed by atoms with van der Waals surface area (Å²) >= 11 is 1.03. The van der Waals surface area contributed by atoms with Crippen LogP contribution in [0.4, 0.5) is 5.82 Å². The van der Waals surface area contributed by atoms with Crippen molar-refractivity contribution in [1.82, 2.24) is 30.2 Å². The summed E-state index contributed by atoms with van der Waals surface area (Å²) in [6.45, 7) is 0.362. The maximum absolute atomic E-state index is 12.7. The van der Waals surface area contributed by atoms with Crippen LogP contribution in [0.15, 0.2) is 37.0 Å². The number of aliphatic hydroxyl groups is 2. The van der Waals surface area contributed by atoms with Gasteiger partial charge >= 0.3 is 29.4 Å². The molecule has 0 spiro atoms. The summed E-state index contributed by atoms with van der Waals surface area (Å²) in [5.41, 5.74) is 4.22. The number of fused-ring (bicyclic) bond motifs is 1. The number of phosphoric acid groups is 3. The maximum atomic E-state index is 12.7. The van der Waals surface area contributed by atoms with Crippen LogP contribution in [0, 0.1) is 5.41 Å². The van der Waals surface area contributed by atoms with Crippen LogP contribution >= 0.6 is 35.2 Å². The van der Waals surface area contributed by atoms with Crippen LogP contribution in [-0.2, 0) is 55.5 Å². The van der Waals surface area contributed by atoms with Gasteiger partial charge in [-0.25, -0.2) is 28.6 Å². The van der Waals surface area contributed by atoms with E-state index in [2.05, 4.69) is 34.4 Å². The highest BCUT2D eigenvalue weighted by Crippen LogP contribution is 2.61. The summed E-state index contributed by atoms with van der Waals surface area (Å²) in [4.78, 5) is 98.2. The van der Waals surface area contributed by atoms with Crippen molar-refractivity contribution in [3.05, 3.63) is 37.0 Å². The van der Waals surface area contributed by atoms with Crippen LogP contribution < -0.4 is 16.4 Å². The molecule has 0 radical (unpaired) electrons. The number of hydrogen-bond acceptors (Lipinski definition) is 19. The summed E-state index contributed by atoms with van der Waals surface area (Å²) < 4.78 is 62.1. The number of allylic oxidation sites excluding steroid dienone is 4. The van der Waals surface area contributed by atoms with E-state index in [9.17, 15) is 62.7 Å². The van der Waals surface area contributed by atoms with Crippen molar-refractivity contribution in [2.24, 2.45) is 5.41 Å². The van der Waals surface area contributed by atoms with E-state index in [1.54, 1.807) is 24.3 Å². The standard InChI is InChI=1S/C31H48N7O19P3S/c1-31(2,26(44)29(45)34-12-11-20(39)33-13-14-61-22(42)10-8-6-4-3-5-7-9-21(40)41)16-54-60(51,52)57-59(49,50)53-15-19-25(56-58(46,47)48)24(43)30(55-19)38-18-37-23-27(32)35-17-36-28(23)38/h3-6,17-19,24-26,30,43-44H,7-16H2,1-2H3,(H,33,39)(H,34,45)(H,40,41)(H,49,50)(H,51,52)(H2,32,35,36)(H2,46,47,48)/b5-3+,6-4+. The zero-order valence-corrected chi connectivity index (χ0v) is 36.1. The molecule has 7 unspecified atom stereocenters. The Morgan fingerprint density at radius 1 is 0.984 bits per heavy atom. The zero-order chi connectivity index (χ0) is 45.6. The van der Waals surface area contributed by atoms with Crippen LogP contribution in [0.5, 0.6) is 0 Å². The molecule has 26 nitrogen and oxygen atoms in total. The SMILES string of the molecule is CC(C)(COP(=O)(O)OP(=O)(O)OCC1OC(n2cnc3c(N)ncnc32)C(O)C1OP(=O)(O)O)C(O)C(=O)NCCC(=O)NCCSC(=O)CC/C=C/C=C/CCC(=O)O. The van der Waals surface area contributed by atoms with Gasteiger partial charge in [0.1, 0.15) is 36.3 Å². The van der Waals surface area contributed by atoms with Gasteiger partial charge in [-0.15, -0.1) is 0 Å². The van der Waals surface area contributed by atoms with E-state index in [4.69, 9.17) is 24.6 Å². The minimum Gasteiger partial charge on any atom is -0.481 e. The predicted octanol–water partition coefficient (Wildman–Crippen LogP) is 0.422. The molecule has 1 aliphatic heterocycles. The Morgan fingerprint density at radius 3 is 2.30 bits per heavy atom. The molecule has 0 bridgehead atoms. The molecule has 11 N–H and O–H groups in total. The third kappa shape index (κ3) is 17.7. The quantitative estimate of drug-likeness (QED) is 0.0347.